The maximum Gasteiger partial charge on any atom is 0.152 e. The zero-order valence-corrected chi connectivity index (χ0v) is 13.4. The lowest BCUT2D eigenvalue weighted by molar-refractivity contribution is 0.787. The second-order valence-corrected chi connectivity index (χ2v) is 6.66. The summed E-state index contributed by atoms with van der Waals surface area (Å²) in [5.74, 6) is 1.31. The van der Waals surface area contributed by atoms with Crippen molar-refractivity contribution in [3.63, 3.8) is 0 Å². The first-order chi connectivity index (χ1) is 10.2. The quantitative estimate of drug-likeness (QED) is 0.771. The number of nitrogens with zero attached hydrogens (tertiary/aromatic N) is 3. The molecule has 0 amide bonds. The SMILES string of the molecule is CCc1ccc(CNc2nccn3nc(C(C)C)cc23)s1. The van der Waals surface area contributed by atoms with Crippen molar-refractivity contribution in [2.24, 2.45) is 0 Å². The van der Waals surface area contributed by atoms with Crippen LogP contribution in [0.1, 0.15) is 42.1 Å². The number of aryl methyl sites for hydroxylation is 1. The molecule has 3 aromatic rings. The van der Waals surface area contributed by atoms with Crippen LogP contribution in [0, 0.1) is 0 Å². The Hall–Kier alpha value is -1.88. The fourth-order valence-corrected chi connectivity index (χ4v) is 3.14. The van der Waals surface area contributed by atoms with Gasteiger partial charge < -0.3 is 5.32 Å². The molecule has 0 aromatic carbocycles. The van der Waals surface area contributed by atoms with Gasteiger partial charge in [0.15, 0.2) is 5.82 Å². The molecule has 0 fully saturated rings. The first-order valence-electron chi connectivity index (χ1n) is 7.33. The molecule has 0 aliphatic rings. The zero-order valence-electron chi connectivity index (χ0n) is 12.6. The summed E-state index contributed by atoms with van der Waals surface area (Å²) in [5, 5.41) is 8.02. The Labute approximate surface area is 128 Å². The highest BCUT2D eigenvalue weighted by molar-refractivity contribution is 7.12. The molecule has 0 unspecified atom stereocenters. The molecule has 5 heteroatoms. The Morgan fingerprint density at radius 3 is 2.81 bits per heavy atom. The second-order valence-electron chi connectivity index (χ2n) is 5.40. The summed E-state index contributed by atoms with van der Waals surface area (Å²) in [6, 6.07) is 6.50. The summed E-state index contributed by atoms with van der Waals surface area (Å²) in [4.78, 5) is 7.21. The maximum absolute atomic E-state index is 4.58. The summed E-state index contributed by atoms with van der Waals surface area (Å²) < 4.78 is 1.90. The molecule has 110 valence electrons. The van der Waals surface area contributed by atoms with E-state index in [1.807, 2.05) is 22.0 Å². The highest BCUT2D eigenvalue weighted by Gasteiger charge is 2.09. The van der Waals surface area contributed by atoms with Crippen LogP contribution >= 0.6 is 11.3 Å². The summed E-state index contributed by atoms with van der Waals surface area (Å²) in [6.07, 6.45) is 4.78. The van der Waals surface area contributed by atoms with Crippen LogP contribution in [0.3, 0.4) is 0 Å². The van der Waals surface area contributed by atoms with Crippen LogP contribution in [0.2, 0.25) is 0 Å². The van der Waals surface area contributed by atoms with Gasteiger partial charge >= 0.3 is 0 Å². The Balaban J connectivity index is 1.83. The van der Waals surface area contributed by atoms with Crippen LogP contribution in [0.25, 0.3) is 5.52 Å². The van der Waals surface area contributed by atoms with Gasteiger partial charge in [0.05, 0.1) is 12.2 Å². The zero-order chi connectivity index (χ0) is 14.8. The van der Waals surface area contributed by atoms with Gasteiger partial charge in [-0.25, -0.2) is 9.50 Å². The number of thiophene rings is 1. The van der Waals surface area contributed by atoms with Crippen LogP contribution in [-0.4, -0.2) is 14.6 Å². The fraction of sp³-hybridized carbons (Fsp3) is 0.375. The molecule has 0 spiro atoms. The average Bonchev–Trinajstić information content (AvgIpc) is 3.11. The van der Waals surface area contributed by atoms with Crippen LogP contribution in [0.5, 0.6) is 0 Å². The molecule has 0 aliphatic heterocycles. The molecular formula is C16H20N4S. The van der Waals surface area contributed by atoms with Gasteiger partial charge in [-0.15, -0.1) is 11.3 Å². The molecule has 0 saturated heterocycles. The first-order valence-corrected chi connectivity index (χ1v) is 8.14. The molecule has 3 heterocycles. The Morgan fingerprint density at radius 1 is 1.29 bits per heavy atom. The van der Waals surface area contributed by atoms with E-state index in [-0.39, 0.29) is 0 Å². The third-order valence-corrected chi connectivity index (χ3v) is 4.73. The van der Waals surface area contributed by atoms with Crippen LogP contribution in [0.4, 0.5) is 5.82 Å². The summed E-state index contributed by atoms with van der Waals surface area (Å²) in [6.45, 7) is 7.30. The molecular weight excluding hydrogens is 280 g/mol. The van der Waals surface area contributed by atoms with Crippen molar-refractivity contribution in [2.75, 3.05) is 5.32 Å². The predicted octanol–water partition coefficient (Wildman–Crippen LogP) is 4.09. The van der Waals surface area contributed by atoms with E-state index in [0.29, 0.717) is 5.92 Å². The number of rotatable bonds is 5. The lowest BCUT2D eigenvalue weighted by atomic mass is 10.1. The maximum atomic E-state index is 4.58. The summed E-state index contributed by atoms with van der Waals surface area (Å²) in [5.41, 5.74) is 2.13. The predicted molar refractivity (Wildman–Crippen MR) is 88.1 cm³/mol. The number of nitrogens with one attached hydrogen (secondary N) is 1. The van der Waals surface area contributed by atoms with E-state index in [4.69, 9.17) is 0 Å². The largest absolute Gasteiger partial charge is 0.363 e. The van der Waals surface area contributed by atoms with Gasteiger partial charge in [0.1, 0.15) is 5.52 Å². The standard InChI is InChI=1S/C16H20N4S/c1-4-12-5-6-13(21-12)10-18-16-15-9-14(11(2)3)19-20(15)8-7-17-16/h5-9,11H,4,10H2,1-3H3,(H,17,18). The number of aromatic nitrogens is 3. The molecule has 0 atom stereocenters. The molecule has 1 N–H and O–H groups in total. The van der Waals surface area contributed by atoms with Crippen LogP contribution < -0.4 is 5.32 Å². The van der Waals surface area contributed by atoms with Crippen LogP contribution in [0.15, 0.2) is 30.6 Å². The molecule has 0 saturated carbocycles. The third-order valence-electron chi connectivity index (χ3n) is 3.50. The van der Waals surface area contributed by atoms with Crippen molar-refractivity contribution in [1.29, 1.82) is 0 Å². The number of hydrogen-bond donors (Lipinski definition) is 1. The summed E-state index contributed by atoms with van der Waals surface area (Å²) >= 11 is 1.85. The topological polar surface area (TPSA) is 42.2 Å². The number of anilines is 1. The van der Waals surface area contributed by atoms with Gasteiger partial charge in [0, 0.05) is 22.1 Å². The molecule has 3 rings (SSSR count). The smallest absolute Gasteiger partial charge is 0.152 e. The Bertz CT molecular complexity index is 742. The van der Waals surface area contributed by atoms with Gasteiger partial charge in [0.2, 0.25) is 0 Å². The second kappa shape index (κ2) is 5.85. The lowest BCUT2D eigenvalue weighted by Gasteiger charge is -2.05. The Kier molecular flexibility index (Phi) is 3.92. The fourth-order valence-electron chi connectivity index (χ4n) is 2.24. The first kappa shape index (κ1) is 14.1. The van der Waals surface area contributed by atoms with Crippen molar-refractivity contribution >= 4 is 22.7 Å². The third kappa shape index (κ3) is 2.93. The number of fused-ring (bicyclic) bond motifs is 1. The molecule has 0 bridgehead atoms. The van der Waals surface area contributed by atoms with Gasteiger partial charge in [-0.3, -0.25) is 0 Å². The van der Waals surface area contributed by atoms with Crippen molar-refractivity contribution < 1.29 is 0 Å². The van der Waals surface area contributed by atoms with Crippen molar-refractivity contribution in [3.05, 3.63) is 46.0 Å². The molecule has 4 nitrogen and oxygen atoms in total. The van der Waals surface area contributed by atoms with E-state index in [1.165, 1.54) is 9.75 Å². The van der Waals surface area contributed by atoms with Crippen molar-refractivity contribution in [1.82, 2.24) is 14.6 Å². The molecule has 0 aliphatic carbocycles. The van der Waals surface area contributed by atoms with Crippen LogP contribution in [-0.2, 0) is 13.0 Å². The molecule has 3 aromatic heterocycles. The highest BCUT2D eigenvalue weighted by Crippen LogP contribution is 2.22. The molecule has 0 radical (unpaired) electrons. The molecule has 21 heavy (non-hydrogen) atoms. The van der Waals surface area contributed by atoms with E-state index in [1.54, 1.807) is 6.20 Å². The normalized spacial score (nSPS) is 11.4. The minimum Gasteiger partial charge on any atom is -0.363 e. The minimum atomic E-state index is 0.419. The monoisotopic (exact) mass is 300 g/mol. The van der Waals surface area contributed by atoms with E-state index in [9.17, 15) is 0 Å². The Morgan fingerprint density at radius 2 is 2.10 bits per heavy atom. The van der Waals surface area contributed by atoms with Crippen molar-refractivity contribution in [2.45, 2.75) is 39.7 Å². The van der Waals surface area contributed by atoms with Crippen molar-refractivity contribution in [3.8, 4) is 0 Å². The minimum absolute atomic E-state index is 0.419. The average molecular weight is 300 g/mol. The van der Waals surface area contributed by atoms with E-state index >= 15 is 0 Å². The van der Waals surface area contributed by atoms with Gasteiger partial charge in [-0.2, -0.15) is 5.10 Å². The summed E-state index contributed by atoms with van der Waals surface area (Å²) in [7, 11) is 0. The van der Waals surface area contributed by atoms with E-state index in [2.05, 4.69) is 54.4 Å². The van der Waals surface area contributed by atoms with E-state index in [0.717, 1.165) is 30.0 Å². The number of hydrogen-bond acceptors (Lipinski definition) is 4. The van der Waals surface area contributed by atoms with Gasteiger partial charge in [0.25, 0.3) is 0 Å². The lowest BCUT2D eigenvalue weighted by Crippen LogP contribution is -2.02. The van der Waals surface area contributed by atoms with E-state index < -0.39 is 0 Å². The van der Waals surface area contributed by atoms with Gasteiger partial charge in [-0.05, 0) is 30.5 Å². The highest BCUT2D eigenvalue weighted by atomic mass is 32.1. The van der Waals surface area contributed by atoms with Gasteiger partial charge in [-0.1, -0.05) is 20.8 Å².